The van der Waals surface area contributed by atoms with Crippen molar-refractivity contribution in [2.45, 2.75) is 32.1 Å². The number of methoxy groups -OCH3 is 1. The molecule has 1 aliphatic rings. The molecule has 0 radical (unpaired) electrons. The van der Waals surface area contributed by atoms with Crippen molar-refractivity contribution in [3.05, 3.63) is 29.2 Å². The lowest BCUT2D eigenvalue weighted by atomic mass is 10.1. The monoisotopic (exact) mass is 261 g/mol. The van der Waals surface area contributed by atoms with Crippen molar-refractivity contribution in [3.63, 3.8) is 0 Å². The SMILES string of the molecule is C=C(C)Cc1c(NC)nc(C2CC2)nc1C(=O)OC. The minimum atomic E-state index is -0.419. The van der Waals surface area contributed by atoms with Crippen molar-refractivity contribution in [1.82, 2.24) is 9.97 Å². The minimum Gasteiger partial charge on any atom is -0.464 e. The summed E-state index contributed by atoms with van der Waals surface area (Å²) >= 11 is 0. The van der Waals surface area contributed by atoms with Crippen LogP contribution in [0.1, 0.15) is 47.6 Å². The summed E-state index contributed by atoms with van der Waals surface area (Å²) in [7, 11) is 3.16. The highest BCUT2D eigenvalue weighted by Gasteiger charge is 2.30. The molecule has 0 atom stereocenters. The second-order valence-electron chi connectivity index (χ2n) is 4.91. The molecule has 2 rings (SSSR count). The Morgan fingerprint density at radius 1 is 1.47 bits per heavy atom. The Morgan fingerprint density at radius 3 is 2.63 bits per heavy atom. The molecule has 1 aromatic rings. The van der Waals surface area contributed by atoms with Crippen LogP contribution in [0.4, 0.5) is 5.82 Å². The zero-order valence-electron chi connectivity index (χ0n) is 11.6. The zero-order chi connectivity index (χ0) is 14.0. The highest BCUT2D eigenvalue weighted by molar-refractivity contribution is 5.90. The van der Waals surface area contributed by atoms with Crippen LogP contribution in [0, 0.1) is 0 Å². The summed E-state index contributed by atoms with van der Waals surface area (Å²) in [6, 6.07) is 0. The van der Waals surface area contributed by atoms with Crippen LogP contribution in [-0.2, 0) is 11.2 Å². The summed E-state index contributed by atoms with van der Waals surface area (Å²) in [6.45, 7) is 5.80. The lowest BCUT2D eigenvalue weighted by Crippen LogP contribution is -2.15. The van der Waals surface area contributed by atoms with E-state index in [1.807, 2.05) is 6.92 Å². The molecule has 0 bridgehead atoms. The first-order chi connectivity index (χ1) is 9.06. The largest absolute Gasteiger partial charge is 0.464 e. The number of hydrogen-bond acceptors (Lipinski definition) is 5. The van der Waals surface area contributed by atoms with Crippen molar-refractivity contribution < 1.29 is 9.53 Å². The molecule has 0 spiro atoms. The number of nitrogens with zero attached hydrogens (tertiary/aromatic N) is 2. The molecular weight excluding hydrogens is 242 g/mol. The van der Waals surface area contributed by atoms with Gasteiger partial charge in [-0.25, -0.2) is 14.8 Å². The van der Waals surface area contributed by atoms with Crippen molar-refractivity contribution in [1.29, 1.82) is 0 Å². The molecule has 0 unspecified atom stereocenters. The van der Waals surface area contributed by atoms with Crippen LogP contribution in [0.15, 0.2) is 12.2 Å². The summed E-state index contributed by atoms with van der Waals surface area (Å²) in [5.74, 6) is 1.39. The molecule has 0 aliphatic heterocycles. The number of carbonyl (C=O) groups excluding carboxylic acids is 1. The number of nitrogens with one attached hydrogen (secondary N) is 1. The second kappa shape index (κ2) is 5.38. The zero-order valence-corrected chi connectivity index (χ0v) is 11.6. The smallest absolute Gasteiger partial charge is 0.357 e. The molecular formula is C14H19N3O2. The van der Waals surface area contributed by atoms with E-state index in [9.17, 15) is 4.79 Å². The van der Waals surface area contributed by atoms with Gasteiger partial charge in [-0.15, -0.1) is 0 Å². The van der Waals surface area contributed by atoms with E-state index in [2.05, 4.69) is 21.9 Å². The van der Waals surface area contributed by atoms with Gasteiger partial charge in [0.05, 0.1) is 7.11 Å². The first kappa shape index (κ1) is 13.5. The number of esters is 1. The van der Waals surface area contributed by atoms with Gasteiger partial charge in [-0.05, 0) is 26.2 Å². The lowest BCUT2D eigenvalue weighted by Gasteiger charge is -2.13. The van der Waals surface area contributed by atoms with E-state index in [1.54, 1.807) is 7.05 Å². The number of ether oxygens (including phenoxy) is 1. The third-order valence-electron chi connectivity index (χ3n) is 3.06. The third-order valence-corrected chi connectivity index (χ3v) is 3.06. The maximum absolute atomic E-state index is 11.9. The number of carbonyl (C=O) groups is 1. The lowest BCUT2D eigenvalue weighted by molar-refractivity contribution is 0.0592. The number of allylic oxidation sites excluding steroid dienone is 1. The summed E-state index contributed by atoms with van der Waals surface area (Å²) in [5, 5.41) is 3.04. The Bertz CT molecular complexity index is 522. The van der Waals surface area contributed by atoms with Crippen LogP contribution in [0.2, 0.25) is 0 Å². The summed E-state index contributed by atoms with van der Waals surface area (Å²) in [4.78, 5) is 20.8. The van der Waals surface area contributed by atoms with Crippen molar-refractivity contribution in [2.75, 3.05) is 19.5 Å². The molecule has 1 saturated carbocycles. The number of hydrogen-bond donors (Lipinski definition) is 1. The average Bonchev–Trinajstić information content (AvgIpc) is 3.21. The van der Waals surface area contributed by atoms with E-state index in [4.69, 9.17) is 4.74 Å². The van der Waals surface area contributed by atoms with Crippen molar-refractivity contribution >= 4 is 11.8 Å². The Labute approximate surface area is 113 Å². The first-order valence-electron chi connectivity index (χ1n) is 6.38. The Balaban J connectivity index is 2.52. The standard InChI is InChI=1S/C14H19N3O2/c1-8(2)7-10-11(14(18)19-4)16-12(9-5-6-9)17-13(10)15-3/h9H,1,5-7H2,2-4H3,(H,15,16,17). The van der Waals surface area contributed by atoms with Crippen LogP contribution in [-0.4, -0.2) is 30.1 Å². The third kappa shape index (κ3) is 2.92. The average molecular weight is 261 g/mol. The van der Waals surface area contributed by atoms with E-state index in [0.29, 0.717) is 23.9 Å². The fraction of sp³-hybridized carbons (Fsp3) is 0.500. The van der Waals surface area contributed by atoms with Gasteiger partial charge in [0, 0.05) is 18.5 Å². The summed E-state index contributed by atoms with van der Waals surface area (Å²) < 4.78 is 4.83. The molecule has 1 heterocycles. The van der Waals surface area contributed by atoms with Crippen LogP contribution >= 0.6 is 0 Å². The van der Waals surface area contributed by atoms with E-state index in [1.165, 1.54) is 7.11 Å². The molecule has 5 nitrogen and oxygen atoms in total. The number of rotatable bonds is 5. The topological polar surface area (TPSA) is 64.1 Å². The summed E-state index contributed by atoms with van der Waals surface area (Å²) in [6.07, 6.45) is 2.73. The maximum atomic E-state index is 11.9. The Morgan fingerprint density at radius 2 is 2.16 bits per heavy atom. The van der Waals surface area contributed by atoms with Crippen molar-refractivity contribution in [2.24, 2.45) is 0 Å². The fourth-order valence-electron chi connectivity index (χ4n) is 1.97. The maximum Gasteiger partial charge on any atom is 0.357 e. The Kier molecular flexibility index (Phi) is 3.83. The van der Waals surface area contributed by atoms with E-state index in [0.717, 1.165) is 29.8 Å². The molecule has 1 N–H and O–H groups in total. The second-order valence-corrected chi connectivity index (χ2v) is 4.91. The van der Waals surface area contributed by atoms with Crippen molar-refractivity contribution in [3.8, 4) is 0 Å². The van der Waals surface area contributed by atoms with Gasteiger partial charge < -0.3 is 10.1 Å². The minimum absolute atomic E-state index is 0.353. The molecule has 102 valence electrons. The highest BCUT2D eigenvalue weighted by Crippen LogP contribution is 2.39. The highest BCUT2D eigenvalue weighted by atomic mass is 16.5. The fourth-order valence-corrected chi connectivity index (χ4v) is 1.97. The summed E-state index contributed by atoms with van der Waals surface area (Å²) in [5.41, 5.74) is 2.06. The normalized spacial score (nSPS) is 14.1. The molecule has 0 aromatic carbocycles. The molecule has 19 heavy (non-hydrogen) atoms. The molecule has 1 fully saturated rings. The van der Waals surface area contributed by atoms with Gasteiger partial charge in [-0.2, -0.15) is 0 Å². The van der Waals surface area contributed by atoms with Gasteiger partial charge in [0.1, 0.15) is 11.6 Å². The van der Waals surface area contributed by atoms with Crippen LogP contribution < -0.4 is 5.32 Å². The molecule has 0 saturated heterocycles. The van der Waals surface area contributed by atoms with Gasteiger partial charge in [-0.3, -0.25) is 0 Å². The number of aromatic nitrogens is 2. The van der Waals surface area contributed by atoms with Crippen LogP contribution in [0.3, 0.4) is 0 Å². The van der Waals surface area contributed by atoms with E-state index >= 15 is 0 Å². The molecule has 1 aliphatic carbocycles. The van der Waals surface area contributed by atoms with Gasteiger partial charge in [0.15, 0.2) is 5.69 Å². The van der Waals surface area contributed by atoms with Gasteiger partial charge in [0.25, 0.3) is 0 Å². The van der Waals surface area contributed by atoms with Gasteiger partial charge in [-0.1, -0.05) is 12.2 Å². The molecule has 5 heteroatoms. The predicted octanol–water partition coefficient (Wildman–Crippen LogP) is 2.30. The van der Waals surface area contributed by atoms with Crippen LogP contribution in [0.25, 0.3) is 0 Å². The van der Waals surface area contributed by atoms with E-state index in [-0.39, 0.29) is 0 Å². The Hall–Kier alpha value is -1.91. The molecule has 1 aromatic heterocycles. The van der Waals surface area contributed by atoms with Crippen LogP contribution in [0.5, 0.6) is 0 Å². The van der Waals surface area contributed by atoms with Gasteiger partial charge >= 0.3 is 5.97 Å². The quantitative estimate of drug-likeness (QED) is 0.651. The predicted molar refractivity (Wildman–Crippen MR) is 73.4 cm³/mol. The van der Waals surface area contributed by atoms with Gasteiger partial charge in [0.2, 0.25) is 0 Å². The number of anilines is 1. The van der Waals surface area contributed by atoms with E-state index < -0.39 is 5.97 Å². The first-order valence-corrected chi connectivity index (χ1v) is 6.38. The molecule has 0 amide bonds.